The molecule has 0 spiro atoms. The molecule has 9 heteroatoms. The third-order valence-corrected chi connectivity index (χ3v) is 7.48. The quantitative estimate of drug-likeness (QED) is 0.815. The van der Waals surface area contributed by atoms with Crippen molar-refractivity contribution in [3.63, 3.8) is 0 Å². The van der Waals surface area contributed by atoms with Crippen LogP contribution in [0.5, 0.6) is 0 Å². The van der Waals surface area contributed by atoms with E-state index in [1.165, 1.54) is 13.1 Å². The van der Waals surface area contributed by atoms with Gasteiger partial charge in [0.15, 0.2) is 11.6 Å². The van der Waals surface area contributed by atoms with Gasteiger partial charge in [0.2, 0.25) is 0 Å². The van der Waals surface area contributed by atoms with E-state index in [2.05, 4.69) is 9.68 Å². The van der Waals surface area contributed by atoms with Crippen LogP contribution in [0.2, 0.25) is 0 Å². The topological polar surface area (TPSA) is 66.7 Å². The fourth-order valence-corrected chi connectivity index (χ4v) is 5.70. The molecule has 0 radical (unpaired) electrons. The van der Waals surface area contributed by atoms with Crippen LogP contribution >= 0.6 is 0 Å². The Bertz CT molecular complexity index is 1110. The molecule has 1 aliphatic rings. The lowest BCUT2D eigenvalue weighted by atomic mass is 10.0. The molecule has 2 heterocycles. The number of nitrogens with one attached hydrogen (secondary N) is 1. The number of hydrogen-bond acceptors (Lipinski definition) is 3. The number of benzene rings is 1. The molecule has 0 saturated carbocycles. The van der Waals surface area contributed by atoms with Gasteiger partial charge in [-0.15, -0.1) is 0 Å². The van der Waals surface area contributed by atoms with Crippen LogP contribution < -0.4 is 5.32 Å². The zero-order valence-electron chi connectivity index (χ0n) is 16.9. The maximum Gasteiger partial charge on any atom is 0.272 e. The molecule has 0 bridgehead atoms. The van der Waals surface area contributed by atoms with Crippen molar-refractivity contribution in [3.8, 4) is 0 Å². The number of amides is 1. The van der Waals surface area contributed by atoms with Gasteiger partial charge in [-0.25, -0.2) is 21.7 Å². The van der Waals surface area contributed by atoms with Crippen LogP contribution in [0.4, 0.5) is 14.5 Å². The van der Waals surface area contributed by atoms with E-state index in [4.69, 9.17) is 0 Å². The minimum atomic E-state index is -2.93. The molecule has 1 amide bonds. The summed E-state index contributed by atoms with van der Waals surface area (Å²) >= 11 is 0. The molecule has 156 valence electrons. The van der Waals surface area contributed by atoms with Gasteiger partial charge in [0, 0.05) is 50.7 Å². The number of anilines is 1. The van der Waals surface area contributed by atoms with Crippen LogP contribution in [0, 0.1) is 17.6 Å². The average molecular weight is 423 g/mol. The van der Waals surface area contributed by atoms with E-state index in [-0.39, 0.29) is 23.3 Å². The van der Waals surface area contributed by atoms with Gasteiger partial charge >= 0.3 is 0 Å². The zero-order chi connectivity index (χ0) is 21.5. The molecule has 0 fully saturated rings. The molecule has 1 N–H and O–H groups in total. The predicted octanol–water partition coefficient (Wildman–Crippen LogP) is 3.91. The third kappa shape index (κ3) is 3.60. The van der Waals surface area contributed by atoms with Crippen LogP contribution in [0.25, 0.3) is 6.08 Å². The number of likely N-dealkylation sites (N-methyl/N-ethyl adjacent to an activating group) is 1. The molecule has 3 rings (SSSR count). The highest BCUT2D eigenvalue weighted by Gasteiger charge is 2.34. The monoisotopic (exact) mass is 422 g/mol. The van der Waals surface area contributed by atoms with E-state index in [0.717, 1.165) is 12.1 Å². The van der Waals surface area contributed by atoms with E-state index < -0.39 is 27.5 Å². The summed E-state index contributed by atoms with van der Waals surface area (Å²) in [5.41, 5.74) is 0.882. The Morgan fingerprint density at radius 1 is 1.24 bits per heavy atom. The summed E-state index contributed by atoms with van der Waals surface area (Å²) in [6.07, 6.45) is 5.33. The zero-order valence-corrected chi connectivity index (χ0v) is 17.8. The highest BCUT2D eigenvalue weighted by Crippen LogP contribution is 2.33. The van der Waals surface area contributed by atoms with Gasteiger partial charge < -0.3 is 9.88 Å². The molecule has 6 nitrogen and oxygen atoms in total. The van der Waals surface area contributed by atoms with Crippen LogP contribution in [0.15, 0.2) is 39.7 Å². The summed E-state index contributed by atoms with van der Waals surface area (Å²) in [5.74, 6) is -2.39. The Labute approximate surface area is 169 Å². The van der Waals surface area contributed by atoms with Gasteiger partial charge in [0.1, 0.15) is 15.6 Å². The van der Waals surface area contributed by atoms with E-state index in [1.807, 2.05) is 19.9 Å². The van der Waals surface area contributed by atoms with E-state index >= 15 is 0 Å². The van der Waals surface area contributed by atoms with Gasteiger partial charge in [0.25, 0.3) is 5.91 Å². The number of halogens is 2. The normalized spacial score (nSPS) is 21.7. The van der Waals surface area contributed by atoms with Gasteiger partial charge in [0.05, 0.1) is 4.90 Å². The second-order valence-corrected chi connectivity index (χ2v) is 9.64. The first kappa shape index (κ1) is 21.2. The average Bonchev–Trinajstić information content (AvgIpc) is 2.95. The van der Waals surface area contributed by atoms with Gasteiger partial charge in [-0.2, -0.15) is 0 Å². The second-order valence-electron chi connectivity index (χ2n) is 7.27. The van der Waals surface area contributed by atoms with Crippen molar-refractivity contribution in [2.24, 2.45) is 17.3 Å². The van der Waals surface area contributed by atoms with Crippen LogP contribution in [-0.4, -0.2) is 39.1 Å². The van der Waals surface area contributed by atoms with Crippen molar-refractivity contribution in [2.75, 3.05) is 19.4 Å². The fourth-order valence-electron chi connectivity index (χ4n) is 3.54. The van der Waals surface area contributed by atoms with E-state index in [0.29, 0.717) is 10.5 Å². The molecule has 2 atom stereocenters. The lowest BCUT2D eigenvalue weighted by Crippen LogP contribution is -2.38. The smallest absolute Gasteiger partial charge is 0.272 e. The number of fused-ring (bicyclic) bond motifs is 1. The fraction of sp³-hybridized carbons (Fsp3) is 0.350. The molecule has 2 unspecified atom stereocenters. The Morgan fingerprint density at radius 2 is 1.93 bits per heavy atom. The lowest BCUT2D eigenvalue weighted by Gasteiger charge is -2.29. The highest BCUT2D eigenvalue weighted by molar-refractivity contribution is 7.91. The number of carbonyl (C=O) groups excluding carboxylic acids is 1. The van der Waals surface area contributed by atoms with Crippen LogP contribution in [-0.2, 0) is 17.0 Å². The van der Waals surface area contributed by atoms with Crippen molar-refractivity contribution < 1.29 is 17.8 Å². The van der Waals surface area contributed by atoms with Crippen molar-refractivity contribution >= 4 is 27.6 Å². The third-order valence-electron chi connectivity index (χ3n) is 5.06. The first-order chi connectivity index (χ1) is 13.6. The summed E-state index contributed by atoms with van der Waals surface area (Å²) < 4.78 is 47.9. The van der Waals surface area contributed by atoms with E-state index in [9.17, 15) is 17.8 Å². The molecule has 0 aliphatic carbocycles. The summed E-state index contributed by atoms with van der Waals surface area (Å²) in [6.45, 7) is 4.04. The van der Waals surface area contributed by atoms with Gasteiger partial charge in [-0.1, -0.05) is 26.0 Å². The summed E-state index contributed by atoms with van der Waals surface area (Å²) in [6, 6.07) is 3.01. The maximum atomic E-state index is 13.8. The number of hydrogen-bond donors (Lipinski definition) is 1. The molecule has 1 aromatic carbocycles. The predicted molar refractivity (Wildman–Crippen MR) is 110 cm³/mol. The van der Waals surface area contributed by atoms with Crippen molar-refractivity contribution in [1.29, 1.82) is 0 Å². The highest BCUT2D eigenvalue weighted by atomic mass is 32.2. The Morgan fingerprint density at radius 3 is 2.52 bits per heavy atom. The minimum Gasteiger partial charge on any atom is -0.345 e. The van der Waals surface area contributed by atoms with Gasteiger partial charge in [-0.05, 0) is 18.1 Å². The van der Waals surface area contributed by atoms with Crippen LogP contribution in [0.1, 0.15) is 29.9 Å². The van der Waals surface area contributed by atoms with Gasteiger partial charge in [-0.3, -0.25) is 4.79 Å². The Balaban J connectivity index is 2.11. The van der Waals surface area contributed by atoms with Crippen LogP contribution in [0.3, 0.4) is 0 Å². The number of nitrogens with zero attached hydrogens (tertiary/aromatic N) is 3. The Hall–Kier alpha value is -2.52. The first-order valence-electron chi connectivity index (χ1n) is 9.12. The number of carbonyl (C=O) groups is 1. The molecular formula is C20H24F2N4O2S. The maximum absolute atomic E-state index is 13.8. The van der Waals surface area contributed by atoms with Crippen molar-refractivity contribution in [2.45, 2.75) is 24.8 Å². The van der Waals surface area contributed by atoms with Crippen molar-refractivity contribution in [1.82, 2.24) is 8.87 Å². The molecule has 2 aromatic rings. The largest absolute Gasteiger partial charge is 0.345 e. The number of aromatic nitrogens is 1. The Kier molecular flexibility index (Phi) is 5.64. The summed E-state index contributed by atoms with van der Waals surface area (Å²) in [5, 5.41) is 2.58. The standard InChI is InChI=1S/C20H24F2N4O2S/c1-12(2)17-9-7-14-18(29(28,23-3)26(17)5)11-25(4)19(14)20(27)24-13-6-8-15(21)16(22)10-13/h6-12,17H,1-5H3,(H,24,27). The van der Waals surface area contributed by atoms with E-state index in [1.54, 1.807) is 35.2 Å². The SMILES string of the molecule is CN=S1(=O)c2cn(C)c(C(=O)Nc3ccc(F)c(F)c3)c2C=CC(C(C)C)N1C. The number of rotatable bonds is 3. The molecule has 1 aliphatic heterocycles. The number of aryl methyl sites for hydroxylation is 1. The molecule has 1 aromatic heterocycles. The lowest BCUT2D eigenvalue weighted by molar-refractivity contribution is 0.101. The first-order valence-corrected chi connectivity index (χ1v) is 10.6. The molecule has 29 heavy (non-hydrogen) atoms. The minimum absolute atomic E-state index is 0.125. The molecular weight excluding hydrogens is 398 g/mol. The molecule has 0 saturated heterocycles. The van der Waals surface area contributed by atoms with Crippen molar-refractivity contribution in [3.05, 3.63) is 53.4 Å². The summed E-state index contributed by atoms with van der Waals surface area (Å²) in [4.78, 5) is 13.4. The summed E-state index contributed by atoms with van der Waals surface area (Å²) in [7, 11) is 1.99. The second kappa shape index (κ2) is 7.72.